The fourth-order valence-corrected chi connectivity index (χ4v) is 3.30. The number of benzene rings is 1. The van der Waals surface area contributed by atoms with Gasteiger partial charge in [-0.2, -0.15) is 4.98 Å². The molecule has 1 aliphatic rings. The Morgan fingerprint density at radius 1 is 1.35 bits per heavy atom. The second-order valence-corrected chi connectivity index (χ2v) is 6.52. The van der Waals surface area contributed by atoms with E-state index in [1.165, 1.54) is 12.8 Å². The van der Waals surface area contributed by atoms with Crippen molar-refractivity contribution in [2.24, 2.45) is 5.92 Å². The molecule has 2 aromatic rings. The second-order valence-electron chi connectivity index (χ2n) is 5.67. The molecule has 0 spiro atoms. The zero-order valence-corrected chi connectivity index (χ0v) is 13.1. The molecule has 3 rings (SSSR count). The molecule has 2 N–H and O–H groups in total. The van der Waals surface area contributed by atoms with Crippen LogP contribution < -0.4 is 5.73 Å². The maximum Gasteiger partial charge on any atom is 0.259 e. The van der Waals surface area contributed by atoms with Crippen LogP contribution in [-0.4, -0.2) is 10.1 Å². The van der Waals surface area contributed by atoms with E-state index in [-0.39, 0.29) is 0 Å². The minimum Gasteiger partial charge on any atom is -0.399 e. The first-order valence-electron chi connectivity index (χ1n) is 7.02. The van der Waals surface area contributed by atoms with Crippen LogP contribution in [0, 0.1) is 5.92 Å². The van der Waals surface area contributed by atoms with Crippen LogP contribution >= 0.6 is 15.9 Å². The standard InChI is InChI=1S/C15H18BrN3O/c1-9-3-2-4-10(7-9)14-18-15(20-19-14)12-8-11(17)5-6-13(12)16/h5-6,8-10H,2-4,7,17H2,1H3. The zero-order chi connectivity index (χ0) is 14.1. The molecule has 106 valence electrons. The van der Waals surface area contributed by atoms with Gasteiger partial charge in [-0.1, -0.05) is 24.9 Å². The highest BCUT2D eigenvalue weighted by atomic mass is 79.9. The molecule has 0 aliphatic heterocycles. The molecule has 2 atom stereocenters. The number of halogens is 1. The Kier molecular flexibility index (Phi) is 3.78. The second kappa shape index (κ2) is 5.56. The third kappa shape index (κ3) is 2.73. The SMILES string of the molecule is CC1CCCC(c2noc(-c3cc(N)ccc3Br)n2)C1. The lowest BCUT2D eigenvalue weighted by Gasteiger charge is -2.23. The van der Waals surface area contributed by atoms with Crippen molar-refractivity contribution in [1.29, 1.82) is 0 Å². The Bertz CT molecular complexity index is 611. The summed E-state index contributed by atoms with van der Waals surface area (Å²) in [7, 11) is 0. The van der Waals surface area contributed by atoms with Crippen LogP contribution in [0.3, 0.4) is 0 Å². The molecule has 2 unspecified atom stereocenters. The van der Waals surface area contributed by atoms with Crippen molar-refractivity contribution in [1.82, 2.24) is 10.1 Å². The Balaban J connectivity index is 1.88. The lowest BCUT2D eigenvalue weighted by atomic mass is 9.82. The summed E-state index contributed by atoms with van der Waals surface area (Å²) in [6, 6.07) is 5.59. The predicted molar refractivity (Wildman–Crippen MR) is 82.2 cm³/mol. The van der Waals surface area contributed by atoms with E-state index in [0.717, 1.165) is 34.6 Å². The molecule has 1 heterocycles. The number of aromatic nitrogens is 2. The van der Waals surface area contributed by atoms with Crippen LogP contribution in [0.25, 0.3) is 11.5 Å². The zero-order valence-electron chi connectivity index (χ0n) is 11.5. The molecule has 5 heteroatoms. The summed E-state index contributed by atoms with van der Waals surface area (Å²) in [4.78, 5) is 4.58. The average Bonchev–Trinajstić information content (AvgIpc) is 2.91. The van der Waals surface area contributed by atoms with Crippen LogP contribution in [0.5, 0.6) is 0 Å². The van der Waals surface area contributed by atoms with Crippen LogP contribution in [-0.2, 0) is 0 Å². The number of rotatable bonds is 2. The van der Waals surface area contributed by atoms with Gasteiger partial charge in [0.25, 0.3) is 5.89 Å². The van der Waals surface area contributed by atoms with Gasteiger partial charge in [-0.25, -0.2) is 0 Å². The maximum atomic E-state index is 5.82. The Labute approximate surface area is 126 Å². The lowest BCUT2D eigenvalue weighted by molar-refractivity contribution is 0.324. The number of hydrogen-bond acceptors (Lipinski definition) is 4. The molecule has 0 amide bonds. The Morgan fingerprint density at radius 3 is 3.00 bits per heavy atom. The summed E-state index contributed by atoms with van der Waals surface area (Å²) in [5.74, 6) is 2.55. The first-order valence-corrected chi connectivity index (χ1v) is 7.82. The highest BCUT2D eigenvalue weighted by Gasteiger charge is 2.25. The van der Waals surface area contributed by atoms with E-state index < -0.39 is 0 Å². The van der Waals surface area contributed by atoms with Gasteiger partial charge in [-0.3, -0.25) is 0 Å². The Hall–Kier alpha value is -1.36. The first kappa shape index (κ1) is 13.6. The molecule has 20 heavy (non-hydrogen) atoms. The number of nitrogens with zero attached hydrogens (tertiary/aromatic N) is 2. The van der Waals surface area contributed by atoms with E-state index >= 15 is 0 Å². The summed E-state index contributed by atoms with van der Waals surface area (Å²) < 4.78 is 6.34. The molecule has 1 aromatic carbocycles. The Morgan fingerprint density at radius 2 is 2.20 bits per heavy atom. The molecule has 0 saturated heterocycles. The third-order valence-electron chi connectivity index (χ3n) is 3.96. The van der Waals surface area contributed by atoms with Crippen molar-refractivity contribution in [2.45, 2.75) is 38.5 Å². The van der Waals surface area contributed by atoms with E-state index in [4.69, 9.17) is 10.3 Å². The number of hydrogen-bond donors (Lipinski definition) is 1. The van der Waals surface area contributed by atoms with Crippen LogP contribution in [0.1, 0.15) is 44.3 Å². The molecule has 1 saturated carbocycles. The smallest absolute Gasteiger partial charge is 0.259 e. The average molecular weight is 336 g/mol. The van der Waals surface area contributed by atoms with Crippen LogP contribution in [0.4, 0.5) is 5.69 Å². The number of nitrogens with two attached hydrogens (primary N) is 1. The fourth-order valence-electron chi connectivity index (χ4n) is 2.89. The molecule has 1 fully saturated rings. The molecule has 0 bridgehead atoms. The first-order chi connectivity index (χ1) is 9.63. The van der Waals surface area contributed by atoms with Gasteiger partial charge in [0, 0.05) is 16.1 Å². The van der Waals surface area contributed by atoms with Gasteiger partial charge in [0.2, 0.25) is 0 Å². The van der Waals surface area contributed by atoms with Gasteiger partial charge >= 0.3 is 0 Å². The predicted octanol–water partition coefficient (Wildman–Crippen LogP) is 4.38. The van der Waals surface area contributed by atoms with Gasteiger partial charge in [-0.15, -0.1) is 0 Å². The van der Waals surface area contributed by atoms with Crippen molar-refractivity contribution < 1.29 is 4.52 Å². The summed E-state index contributed by atoms with van der Waals surface area (Å²) in [5.41, 5.74) is 7.37. The molecular formula is C15H18BrN3O. The summed E-state index contributed by atoms with van der Waals surface area (Å²) in [6.07, 6.45) is 4.86. The van der Waals surface area contributed by atoms with E-state index in [2.05, 4.69) is 33.0 Å². The minimum atomic E-state index is 0.427. The van der Waals surface area contributed by atoms with E-state index in [0.29, 0.717) is 17.5 Å². The van der Waals surface area contributed by atoms with Crippen molar-refractivity contribution in [3.05, 3.63) is 28.5 Å². The molecular weight excluding hydrogens is 318 g/mol. The molecule has 4 nitrogen and oxygen atoms in total. The van der Waals surface area contributed by atoms with Crippen LogP contribution in [0.15, 0.2) is 27.2 Å². The van der Waals surface area contributed by atoms with Gasteiger partial charge in [0.05, 0.1) is 5.56 Å². The maximum absolute atomic E-state index is 5.82. The third-order valence-corrected chi connectivity index (χ3v) is 4.66. The van der Waals surface area contributed by atoms with Crippen molar-refractivity contribution >= 4 is 21.6 Å². The number of nitrogen functional groups attached to an aromatic ring is 1. The monoisotopic (exact) mass is 335 g/mol. The van der Waals surface area contributed by atoms with Crippen molar-refractivity contribution in [2.75, 3.05) is 5.73 Å². The van der Waals surface area contributed by atoms with Crippen molar-refractivity contribution in [3.8, 4) is 11.5 Å². The lowest BCUT2D eigenvalue weighted by Crippen LogP contribution is -2.12. The van der Waals surface area contributed by atoms with Gasteiger partial charge in [0.15, 0.2) is 5.82 Å². The quantitative estimate of drug-likeness (QED) is 0.827. The largest absolute Gasteiger partial charge is 0.399 e. The van der Waals surface area contributed by atoms with Gasteiger partial charge in [0.1, 0.15) is 0 Å². The summed E-state index contributed by atoms with van der Waals surface area (Å²) in [5, 5.41) is 4.17. The van der Waals surface area contributed by atoms with Gasteiger partial charge in [-0.05, 0) is 52.9 Å². The molecule has 1 aromatic heterocycles. The minimum absolute atomic E-state index is 0.427. The molecule has 1 aliphatic carbocycles. The van der Waals surface area contributed by atoms with E-state index in [9.17, 15) is 0 Å². The summed E-state index contributed by atoms with van der Waals surface area (Å²) in [6.45, 7) is 2.29. The van der Waals surface area contributed by atoms with E-state index in [1.807, 2.05) is 18.2 Å². The number of anilines is 1. The molecule has 0 radical (unpaired) electrons. The normalized spacial score (nSPS) is 22.9. The van der Waals surface area contributed by atoms with Gasteiger partial charge < -0.3 is 10.3 Å². The van der Waals surface area contributed by atoms with Crippen molar-refractivity contribution in [3.63, 3.8) is 0 Å². The van der Waals surface area contributed by atoms with E-state index in [1.54, 1.807) is 0 Å². The summed E-state index contributed by atoms with van der Waals surface area (Å²) >= 11 is 3.50. The topological polar surface area (TPSA) is 64.9 Å². The fraction of sp³-hybridized carbons (Fsp3) is 0.467. The van der Waals surface area contributed by atoms with Crippen LogP contribution in [0.2, 0.25) is 0 Å². The highest BCUT2D eigenvalue weighted by Crippen LogP contribution is 2.36. The highest BCUT2D eigenvalue weighted by molar-refractivity contribution is 9.10.